The third-order valence-electron chi connectivity index (χ3n) is 3.94. The molecule has 0 saturated carbocycles. The monoisotopic (exact) mass is 351 g/mol. The average Bonchev–Trinajstić information content (AvgIpc) is 3.04. The van der Waals surface area contributed by atoms with Crippen molar-refractivity contribution in [3.63, 3.8) is 0 Å². The fourth-order valence-corrected chi connectivity index (χ4v) is 2.52. The van der Waals surface area contributed by atoms with Gasteiger partial charge in [-0.3, -0.25) is 4.57 Å². The summed E-state index contributed by atoms with van der Waals surface area (Å²) in [6.45, 7) is -2.27. The molecule has 1 aromatic carbocycles. The van der Waals surface area contributed by atoms with Crippen molar-refractivity contribution in [1.82, 2.24) is 24.7 Å². The lowest BCUT2D eigenvalue weighted by molar-refractivity contribution is 0.0651. The van der Waals surface area contributed by atoms with Crippen molar-refractivity contribution in [2.24, 2.45) is 0 Å². The highest BCUT2D eigenvalue weighted by Crippen LogP contribution is 2.17. The van der Waals surface area contributed by atoms with Crippen LogP contribution in [0.2, 0.25) is 0 Å². The van der Waals surface area contributed by atoms with E-state index in [1.54, 1.807) is 7.05 Å². The number of carbonyl (C=O) groups is 1. The second-order valence-electron chi connectivity index (χ2n) is 5.96. The quantitative estimate of drug-likeness (QED) is 0.834. The fraction of sp³-hybridized carbons (Fsp3) is 0.412. The Kier molecular flexibility index (Phi) is 6.46. The molecule has 136 valence electrons. The highest BCUT2D eigenvalue weighted by molar-refractivity contribution is 5.73. The van der Waals surface area contributed by atoms with E-state index in [1.165, 1.54) is 17.3 Å². The smallest absolute Gasteiger partial charge is 0.319 e. The number of nitrogens with one attached hydrogen (secondary N) is 1. The molecular formula is C17H23F2N5O. The zero-order valence-corrected chi connectivity index (χ0v) is 14.6. The summed E-state index contributed by atoms with van der Waals surface area (Å²) in [6.07, 6.45) is 2.49. The molecule has 0 radical (unpaired) electrons. The van der Waals surface area contributed by atoms with Gasteiger partial charge in [-0.25, -0.2) is 9.78 Å². The van der Waals surface area contributed by atoms with Crippen LogP contribution in [0.3, 0.4) is 0 Å². The number of hydrogen-bond donors (Lipinski definition) is 1. The van der Waals surface area contributed by atoms with E-state index < -0.39 is 6.55 Å². The third-order valence-corrected chi connectivity index (χ3v) is 3.94. The Bertz CT molecular complexity index is 675. The van der Waals surface area contributed by atoms with Gasteiger partial charge in [-0.1, -0.05) is 30.3 Å². The van der Waals surface area contributed by atoms with Gasteiger partial charge in [-0.15, -0.1) is 0 Å². The van der Waals surface area contributed by atoms with E-state index in [2.05, 4.69) is 10.3 Å². The maximum Gasteiger partial charge on any atom is 0.319 e. The summed E-state index contributed by atoms with van der Waals surface area (Å²) in [5.41, 5.74) is 1.09. The molecule has 0 bridgehead atoms. The van der Waals surface area contributed by atoms with Gasteiger partial charge in [0.25, 0.3) is 0 Å². The number of rotatable bonds is 7. The number of nitrogens with zero attached hydrogens (tertiary/aromatic N) is 4. The van der Waals surface area contributed by atoms with Gasteiger partial charge >= 0.3 is 12.6 Å². The van der Waals surface area contributed by atoms with E-state index in [1.807, 2.05) is 49.3 Å². The number of likely N-dealkylation sites (N-methyl/N-ethyl adjacent to an activating group) is 1. The van der Waals surface area contributed by atoms with Crippen LogP contribution >= 0.6 is 0 Å². The summed E-state index contributed by atoms with van der Waals surface area (Å²) in [5.74, 6) is 0.139. The minimum Gasteiger partial charge on any atom is -0.336 e. The summed E-state index contributed by atoms with van der Waals surface area (Å²) in [5, 5.41) is 2.84. The molecule has 1 unspecified atom stereocenters. The van der Waals surface area contributed by atoms with Crippen molar-refractivity contribution in [3.05, 3.63) is 54.1 Å². The van der Waals surface area contributed by atoms with Crippen molar-refractivity contribution in [2.75, 3.05) is 27.7 Å². The number of imidazole rings is 1. The molecule has 2 rings (SSSR count). The molecule has 1 atom stereocenters. The molecule has 8 heteroatoms. The number of urea groups is 1. The lowest BCUT2D eigenvalue weighted by Crippen LogP contribution is -2.41. The Labute approximate surface area is 146 Å². The summed E-state index contributed by atoms with van der Waals surface area (Å²) < 4.78 is 26.4. The number of benzene rings is 1. The third kappa shape index (κ3) is 4.99. The van der Waals surface area contributed by atoms with Gasteiger partial charge in [0.05, 0.1) is 12.6 Å². The lowest BCUT2D eigenvalue weighted by atomic mass is 10.1. The SMILES string of the molecule is CN(Cc1nccn1C(F)F)C(=O)NCC(c1ccccc1)N(C)C. The zero-order valence-electron chi connectivity index (χ0n) is 14.6. The van der Waals surface area contributed by atoms with Crippen LogP contribution in [0, 0.1) is 0 Å². The first kappa shape index (κ1) is 18.9. The summed E-state index contributed by atoms with van der Waals surface area (Å²) in [4.78, 5) is 19.5. The summed E-state index contributed by atoms with van der Waals surface area (Å²) in [7, 11) is 5.42. The predicted molar refractivity (Wildman–Crippen MR) is 91.2 cm³/mol. The van der Waals surface area contributed by atoms with Crippen molar-refractivity contribution < 1.29 is 13.6 Å². The first-order chi connectivity index (χ1) is 11.9. The molecule has 0 saturated heterocycles. The molecule has 1 heterocycles. The van der Waals surface area contributed by atoms with Gasteiger partial charge < -0.3 is 15.1 Å². The number of hydrogen-bond acceptors (Lipinski definition) is 3. The zero-order chi connectivity index (χ0) is 18.4. The maximum absolute atomic E-state index is 12.8. The Morgan fingerprint density at radius 3 is 2.52 bits per heavy atom. The fourth-order valence-electron chi connectivity index (χ4n) is 2.52. The largest absolute Gasteiger partial charge is 0.336 e. The Hall–Kier alpha value is -2.48. The van der Waals surface area contributed by atoms with Crippen LogP contribution in [0.15, 0.2) is 42.7 Å². The molecule has 0 spiro atoms. The van der Waals surface area contributed by atoms with Crippen LogP contribution < -0.4 is 5.32 Å². The Morgan fingerprint density at radius 1 is 1.24 bits per heavy atom. The van der Waals surface area contributed by atoms with Gasteiger partial charge in [-0.05, 0) is 19.7 Å². The molecular weight excluding hydrogens is 328 g/mol. The van der Waals surface area contributed by atoms with Crippen LogP contribution in [0.1, 0.15) is 24.0 Å². The molecule has 0 aliphatic carbocycles. The van der Waals surface area contributed by atoms with Crippen LogP contribution in [-0.2, 0) is 6.54 Å². The second-order valence-corrected chi connectivity index (χ2v) is 5.96. The van der Waals surface area contributed by atoms with E-state index >= 15 is 0 Å². The minimum absolute atomic E-state index is 0.00113. The molecule has 0 aliphatic heterocycles. The molecule has 0 fully saturated rings. The summed E-state index contributed by atoms with van der Waals surface area (Å²) >= 11 is 0. The standard InChI is InChI=1S/C17H23F2N5O/c1-22(2)14(13-7-5-4-6-8-13)11-21-17(25)23(3)12-15-20-9-10-24(15)16(18)19/h4-10,14,16H,11-12H2,1-3H3,(H,21,25). The van der Waals surface area contributed by atoms with Gasteiger partial charge in [0.2, 0.25) is 0 Å². The number of alkyl halides is 2. The molecule has 0 aliphatic rings. The van der Waals surface area contributed by atoms with Crippen molar-refractivity contribution in [2.45, 2.75) is 19.1 Å². The number of amides is 2. The maximum atomic E-state index is 12.8. The first-order valence-electron chi connectivity index (χ1n) is 7.90. The highest BCUT2D eigenvalue weighted by atomic mass is 19.3. The van der Waals surface area contributed by atoms with Crippen LogP contribution in [0.5, 0.6) is 0 Å². The first-order valence-corrected chi connectivity index (χ1v) is 7.90. The Morgan fingerprint density at radius 2 is 1.92 bits per heavy atom. The minimum atomic E-state index is -2.68. The average molecular weight is 351 g/mol. The molecule has 6 nitrogen and oxygen atoms in total. The van der Waals surface area contributed by atoms with Crippen LogP contribution in [-0.4, -0.2) is 53.1 Å². The van der Waals surface area contributed by atoms with Crippen molar-refractivity contribution >= 4 is 6.03 Å². The molecule has 25 heavy (non-hydrogen) atoms. The van der Waals surface area contributed by atoms with Crippen molar-refractivity contribution in [1.29, 1.82) is 0 Å². The Balaban J connectivity index is 1.95. The van der Waals surface area contributed by atoms with Crippen LogP contribution in [0.4, 0.5) is 13.6 Å². The van der Waals surface area contributed by atoms with Gasteiger partial charge in [0.1, 0.15) is 5.82 Å². The van der Waals surface area contributed by atoms with Gasteiger partial charge in [0, 0.05) is 26.0 Å². The highest BCUT2D eigenvalue weighted by Gasteiger charge is 2.19. The molecule has 1 N–H and O–H groups in total. The van der Waals surface area contributed by atoms with E-state index in [0.717, 1.165) is 10.1 Å². The van der Waals surface area contributed by atoms with E-state index in [4.69, 9.17) is 0 Å². The second kappa shape index (κ2) is 8.57. The summed E-state index contributed by atoms with van der Waals surface area (Å²) in [6, 6.07) is 9.51. The number of halogens is 2. The van der Waals surface area contributed by atoms with Crippen LogP contribution in [0.25, 0.3) is 0 Å². The number of carbonyl (C=O) groups excluding carboxylic acids is 1. The van der Waals surface area contributed by atoms with E-state index in [0.29, 0.717) is 6.54 Å². The van der Waals surface area contributed by atoms with E-state index in [9.17, 15) is 13.6 Å². The van der Waals surface area contributed by atoms with Crippen molar-refractivity contribution in [3.8, 4) is 0 Å². The lowest BCUT2D eigenvalue weighted by Gasteiger charge is -2.26. The predicted octanol–water partition coefficient (Wildman–Crippen LogP) is 2.72. The number of aromatic nitrogens is 2. The molecule has 2 aromatic rings. The molecule has 1 aromatic heterocycles. The topological polar surface area (TPSA) is 53.4 Å². The van der Waals surface area contributed by atoms with E-state index in [-0.39, 0.29) is 24.4 Å². The van der Waals surface area contributed by atoms with Gasteiger partial charge in [0.15, 0.2) is 0 Å². The normalized spacial score (nSPS) is 12.4. The molecule has 2 amide bonds. The van der Waals surface area contributed by atoms with Gasteiger partial charge in [-0.2, -0.15) is 8.78 Å².